The van der Waals surface area contributed by atoms with Gasteiger partial charge in [0.1, 0.15) is 11.5 Å². The van der Waals surface area contributed by atoms with Gasteiger partial charge in [0, 0.05) is 13.0 Å². The van der Waals surface area contributed by atoms with E-state index in [0.717, 1.165) is 45.4 Å². The van der Waals surface area contributed by atoms with Crippen LogP contribution in [0.1, 0.15) is 18.9 Å². The number of rotatable bonds is 10. The number of amides is 1. The quantitative estimate of drug-likeness (QED) is 0.540. The first-order valence-corrected chi connectivity index (χ1v) is 11.1. The normalized spacial score (nSPS) is 11.1. The van der Waals surface area contributed by atoms with Crippen molar-refractivity contribution in [1.29, 1.82) is 0 Å². The molecular formula is C23H30N3O3S+. The van der Waals surface area contributed by atoms with Crippen LogP contribution in [0, 0.1) is 0 Å². The molecule has 1 N–H and O–H groups in total. The summed E-state index contributed by atoms with van der Waals surface area (Å²) in [5, 5.41) is 0.742. The van der Waals surface area contributed by atoms with Crippen molar-refractivity contribution < 1.29 is 19.2 Å². The molecular weight excluding hydrogens is 398 g/mol. The molecule has 0 unspecified atom stereocenters. The topological polar surface area (TPSA) is 56.1 Å². The van der Waals surface area contributed by atoms with Crippen molar-refractivity contribution in [3.63, 3.8) is 0 Å². The van der Waals surface area contributed by atoms with Crippen LogP contribution in [0.2, 0.25) is 0 Å². The van der Waals surface area contributed by atoms with Gasteiger partial charge in [0.15, 0.2) is 5.13 Å². The lowest BCUT2D eigenvalue weighted by atomic mass is 10.1. The number of ether oxygens (including phenoxy) is 2. The molecule has 0 bridgehead atoms. The molecule has 1 amide bonds. The Kier molecular flexibility index (Phi) is 7.65. The molecule has 30 heavy (non-hydrogen) atoms. The van der Waals surface area contributed by atoms with E-state index in [1.807, 2.05) is 54.3 Å². The number of hydrogen-bond acceptors (Lipinski definition) is 5. The minimum Gasteiger partial charge on any atom is -0.497 e. The molecule has 160 valence electrons. The first-order valence-electron chi connectivity index (χ1n) is 10.3. The molecule has 1 aromatic heterocycles. The van der Waals surface area contributed by atoms with Gasteiger partial charge in [0.25, 0.3) is 0 Å². The Labute approximate surface area is 182 Å². The minimum atomic E-state index is 0.0537. The number of hydrogen-bond donors (Lipinski definition) is 1. The number of methoxy groups -OCH3 is 1. The zero-order valence-electron chi connectivity index (χ0n) is 18.1. The summed E-state index contributed by atoms with van der Waals surface area (Å²) in [4.78, 5) is 21.2. The van der Waals surface area contributed by atoms with E-state index in [0.29, 0.717) is 19.6 Å². The summed E-state index contributed by atoms with van der Waals surface area (Å²) in [5.74, 6) is 1.67. The molecule has 0 aliphatic rings. The van der Waals surface area contributed by atoms with Crippen LogP contribution in [0.25, 0.3) is 10.2 Å². The smallest absolute Gasteiger partial charge is 0.233 e. The minimum absolute atomic E-state index is 0.0537. The largest absolute Gasteiger partial charge is 0.497 e. The number of nitrogens with one attached hydrogen (secondary N) is 1. The number of nitrogens with zero attached hydrogens (tertiary/aromatic N) is 2. The zero-order valence-corrected chi connectivity index (χ0v) is 18.9. The summed E-state index contributed by atoms with van der Waals surface area (Å²) >= 11 is 1.54. The number of quaternary nitrogens is 1. The molecule has 0 atom stereocenters. The number of thiazole rings is 1. The van der Waals surface area contributed by atoms with Crippen LogP contribution >= 0.6 is 11.3 Å². The molecule has 3 aromatic rings. The Balaban J connectivity index is 1.83. The first kappa shape index (κ1) is 22.1. The van der Waals surface area contributed by atoms with Crippen molar-refractivity contribution in [2.24, 2.45) is 0 Å². The van der Waals surface area contributed by atoms with Crippen molar-refractivity contribution in [2.75, 3.05) is 45.8 Å². The highest BCUT2D eigenvalue weighted by Gasteiger charge is 2.20. The van der Waals surface area contributed by atoms with E-state index in [4.69, 9.17) is 14.5 Å². The summed E-state index contributed by atoms with van der Waals surface area (Å²) < 4.78 is 11.8. The highest BCUT2D eigenvalue weighted by molar-refractivity contribution is 7.22. The van der Waals surface area contributed by atoms with Gasteiger partial charge in [-0.25, -0.2) is 4.98 Å². The Bertz CT molecular complexity index is 969. The molecule has 0 aliphatic heterocycles. The Hall–Kier alpha value is -2.64. The van der Waals surface area contributed by atoms with Gasteiger partial charge in [0.05, 0.1) is 51.0 Å². The molecule has 3 rings (SSSR count). The van der Waals surface area contributed by atoms with Crippen LogP contribution in [0.15, 0.2) is 42.5 Å². The average Bonchev–Trinajstić information content (AvgIpc) is 3.14. The van der Waals surface area contributed by atoms with Gasteiger partial charge >= 0.3 is 0 Å². The molecule has 1 heterocycles. The molecule has 2 aromatic carbocycles. The number of fused-ring (bicyclic) bond motifs is 1. The molecule has 6 nitrogen and oxygen atoms in total. The van der Waals surface area contributed by atoms with Gasteiger partial charge < -0.3 is 14.4 Å². The summed E-state index contributed by atoms with van der Waals surface area (Å²) in [6.07, 6.45) is 1.25. The van der Waals surface area contributed by atoms with Crippen molar-refractivity contribution in [1.82, 2.24) is 4.98 Å². The maximum Gasteiger partial charge on any atom is 0.233 e. The van der Waals surface area contributed by atoms with Gasteiger partial charge in [-0.3, -0.25) is 9.69 Å². The average molecular weight is 429 g/mol. The Morgan fingerprint density at radius 1 is 1.13 bits per heavy atom. The summed E-state index contributed by atoms with van der Waals surface area (Å²) in [6, 6.07) is 13.5. The van der Waals surface area contributed by atoms with Crippen LogP contribution in [0.3, 0.4) is 0 Å². The SMILES string of the molecule is CCOc1ccc2nc(N(CCC[NH+](C)C)C(=O)Cc3ccc(OC)cc3)sc2c1. The van der Waals surface area contributed by atoms with E-state index in [-0.39, 0.29) is 5.91 Å². The van der Waals surface area contributed by atoms with Gasteiger partial charge in [-0.2, -0.15) is 0 Å². The molecule has 0 saturated heterocycles. The second-order valence-corrected chi connectivity index (χ2v) is 8.45. The highest BCUT2D eigenvalue weighted by atomic mass is 32.1. The second kappa shape index (κ2) is 10.4. The van der Waals surface area contributed by atoms with Crippen molar-refractivity contribution in [3.05, 3.63) is 48.0 Å². The molecule has 0 radical (unpaired) electrons. The van der Waals surface area contributed by atoms with E-state index in [1.54, 1.807) is 7.11 Å². The zero-order chi connectivity index (χ0) is 21.5. The lowest BCUT2D eigenvalue weighted by Gasteiger charge is -2.20. The number of carbonyl (C=O) groups is 1. The van der Waals surface area contributed by atoms with Gasteiger partial charge in [-0.05, 0) is 42.8 Å². The number of aromatic nitrogens is 1. The maximum atomic E-state index is 13.2. The maximum absolute atomic E-state index is 13.2. The molecule has 0 fully saturated rings. The summed E-state index contributed by atoms with van der Waals surface area (Å²) in [7, 11) is 5.88. The highest BCUT2D eigenvalue weighted by Crippen LogP contribution is 2.32. The third-order valence-corrected chi connectivity index (χ3v) is 5.81. The molecule has 0 aliphatic carbocycles. The van der Waals surface area contributed by atoms with Crippen LogP contribution < -0.4 is 19.3 Å². The van der Waals surface area contributed by atoms with E-state index in [1.165, 1.54) is 16.2 Å². The lowest BCUT2D eigenvalue weighted by Crippen LogP contribution is -3.05. The van der Waals surface area contributed by atoms with E-state index >= 15 is 0 Å². The predicted octanol–water partition coefficient (Wildman–Crippen LogP) is 2.81. The van der Waals surface area contributed by atoms with Gasteiger partial charge in [-0.15, -0.1) is 0 Å². The summed E-state index contributed by atoms with van der Waals surface area (Å²) in [6.45, 7) is 4.23. The van der Waals surface area contributed by atoms with Crippen molar-refractivity contribution in [3.8, 4) is 11.5 Å². The van der Waals surface area contributed by atoms with Crippen molar-refractivity contribution >= 4 is 32.6 Å². The van der Waals surface area contributed by atoms with Gasteiger partial charge in [0.2, 0.25) is 5.91 Å². The fraction of sp³-hybridized carbons (Fsp3) is 0.391. The van der Waals surface area contributed by atoms with E-state index in [9.17, 15) is 4.79 Å². The summed E-state index contributed by atoms with van der Waals surface area (Å²) in [5.41, 5.74) is 1.85. The lowest BCUT2D eigenvalue weighted by molar-refractivity contribution is -0.858. The van der Waals surface area contributed by atoms with Crippen molar-refractivity contribution in [2.45, 2.75) is 19.8 Å². The predicted molar refractivity (Wildman–Crippen MR) is 122 cm³/mol. The van der Waals surface area contributed by atoms with Crippen LogP contribution in [-0.2, 0) is 11.2 Å². The number of benzene rings is 2. The fourth-order valence-electron chi connectivity index (χ4n) is 3.20. The van der Waals surface area contributed by atoms with Crippen LogP contribution in [-0.4, -0.2) is 51.8 Å². The molecule has 0 saturated carbocycles. The van der Waals surface area contributed by atoms with Crippen LogP contribution in [0.5, 0.6) is 11.5 Å². The first-order chi connectivity index (χ1) is 14.5. The molecule has 0 spiro atoms. The van der Waals surface area contributed by atoms with Gasteiger partial charge in [-0.1, -0.05) is 23.5 Å². The number of carbonyl (C=O) groups excluding carboxylic acids is 1. The third-order valence-electron chi connectivity index (χ3n) is 4.76. The Morgan fingerprint density at radius 2 is 1.87 bits per heavy atom. The Morgan fingerprint density at radius 3 is 2.53 bits per heavy atom. The second-order valence-electron chi connectivity index (χ2n) is 7.44. The van der Waals surface area contributed by atoms with E-state index in [2.05, 4.69) is 14.1 Å². The molecule has 7 heteroatoms. The third kappa shape index (κ3) is 5.70. The van der Waals surface area contributed by atoms with E-state index < -0.39 is 0 Å². The van der Waals surface area contributed by atoms with Crippen LogP contribution in [0.4, 0.5) is 5.13 Å². The monoisotopic (exact) mass is 428 g/mol. The number of anilines is 1. The fourth-order valence-corrected chi connectivity index (χ4v) is 4.23. The standard InChI is InChI=1S/C23H29N3O3S/c1-5-29-19-11-12-20-21(16-19)30-23(24-20)26(14-6-13-25(2)3)22(27)15-17-7-9-18(28-4)10-8-17/h7-12,16H,5-6,13-15H2,1-4H3/p+1.